The van der Waals surface area contributed by atoms with Crippen LogP contribution in [-0.4, -0.2) is 11.7 Å². The van der Waals surface area contributed by atoms with Gasteiger partial charge in [0.05, 0.1) is 0 Å². The first-order valence-corrected chi connectivity index (χ1v) is 5.96. The monoisotopic (exact) mass is 296 g/mol. The summed E-state index contributed by atoms with van der Waals surface area (Å²) in [6, 6.07) is 4.44. The molecule has 90 valence electrons. The molecule has 0 saturated heterocycles. The van der Waals surface area contributed by atoms with Crippen LogP contribution in [0.2, 0.25) is 0 Å². The summed E-state index contributed by atoms with van der Waals surface area (Å²) >= 11 is 3.31. The molecule has 0 atom stereocenters. The molecule has 0 fully saturated rings. The Hall–Kier alpha value is -0.710. The molecule has 0 bridgehead atoms. The van der Waals surface area contributed by atoms with Crippen molar-refractivity contribution in [1.29, 1.82) is 0 Å². The molecule has 0 aliphatic heterocycles. The van der Waals surface area contributed by atoms with Crippen LogP contribution in [0.3, 0.4) is 0 Å². The van der Waals surface area contributed by atoms with Gasteiger partial charge in [0, 0.05) is 5.33 Å². The largest absolute Gasteiger partial charge is 0.573 e. The van der Waals surface area contributed by atoms with Gasteiger partial charge >= 0.3 is 6.36 Å². The van der Waals surface area contributed by atoms with Gasteiger partial charge in [-0.3, -0.25) is 0 Å². The second-order valence-corrected chi connectivity index (χ2v) is 4.22. The summed E-state index contributed by atoms with van der Waals surface area (Å²) in [4.78, 5) is 0. The van der Waals surface area contributed by atoms with Crippen molar-refractivity contribution in [2.24, 2.45) is 0 Å². The predicted octanol–water partition coefficient (Wildman–Crippen LogP) is 4.22. The van der Waals surface area contributed by atoms with Crippen LogP contribution in [0.25, 0.3) is 0 Å². The van der Waals surface area contributed by atoms with Gasteiger partial charge in [-0.25, -0.2) is 0 Å². The molecule has 0 N–H and O–H groups in total. The zero-order valence-corrected chi connectivity index (χ0v) is 10.4. The van der Waals surface area contributed by atoms with E-state index < -0.39 is 6.36 Å². The summed E-state index contributed by atoms with van der Waals surface area (Å²) in [6.45, 7) is 1.78. The Morgan fingerprint density at radius 2 is 2.00 bits per heavy atom. The quantitative estimate of drug-likeness (QED) is 0.756. The van der Waals surface area contributed by atoms with Gasteiger partial charge in [0.15, 0.2) is 0 Å². The van der Waals surface area contributed by atoms with Gasteiger partial charge in [0.2, 0.25) is 0 Å². The first-order valence-electron chi connectivity index (χ1n) is 4.83. The molecule has 0 spiro atoms. The fourth-order valence-electron chi connectivity index (χ4n) is 1.40. The highest BCUT2D eigenvalue weighted by Crippen LogP contribution is 2.25. The average Bonchev–Trinajstić information content (AvgIpc) is 2.14. The molecular weight excluding hydrogens is 285 g/mol. The molecule has 0 radical (unpaired) electrons. The molecule has 1 nitrogen and oxygen atoms in total. The van der Waals surface area contributed by atoms with E-state index in [-0.39, 0.29) is 5.75 Å². The first kappa shape index (κ1) is 13.4. The van der Waals surface area contributed by atoms with E-state index in [4.69, 9.17) is 0 Å². The fraction of sp³-hybridized carbons (Fsp3) is 0.455. The number of rotatable bonds is 4. The maximum absolute atomic E-state index is 11.9. The van der Waals surface area contributed by atoms with E-state index in [1.807, 2.05) is 0 Å². The van der Waals surface area contributed by atoms with Crippen molar-refractivity contribution in [3.8, 4) is 5.75 Å². The summed E-state index contributed by atoms with van der Waals surface area (Å²) in [7, 11) is 0. The smallest absolute Gasteiger partial charge is 0.406 e. The predicted molar refractivity (Wildman–Crippen MR) is 60.0 cm³/mol. The van der Waals surface area contributed by atoms with E-state index in [2.05, 4.69) is 20.7 Å². The highest BCUT2D eigenvalue weighted by atomic mass is 79.9. The highest BCUT2D eigenvalue weighted by molar-refractivity contribution is 9.09. The van der Waals surface area contributed by atoms with Crippen molar-refractivity contribution < 1.29 is 17.9 Å². The minimum Gasteiger partial charge on any atom is -0.406 e. The molecule has 1 aromatic rings. The van der Waals surface area contributed by atoms with Gasteiger partial charge < -0.3 is 4.74 Å². The number of aryl methyl sites for hydroxylation is 2. The van der Waals surface area contributed by atoms with Crippen LogP contribution < -0.4 is 4.74 Å². The van der Waals surface area contributed by atoms with Crippen LogP contribution in [0.4, 0.5) is 13.2 Å². The minimum absolute atomic E-state index is 0.160. The lowest BCUT2D eigenvalue weighted by Gasteiger charge is -2.11. The van der Waals surface area contributed by atoms with Crippen LogP contribution in [0, 0.1) is 6.92 Å². The third kappa shape index (κ3) is 4.43. The molecule has 0 aliphatic carbocycles. The van der Waals surface area contributed by atoms with Crippen molar-refractivity contribution >= 4 is 15.9 Å². The van der Waals surface area contributed by atoms with Gasteiger partial charge in [-0.15, -0.1) is 13.2 Å². The van der Waals surface area contributed by atoms with E-state index >= 15 is 0 Å². The molecule has 0 aliphatic rings. The molecule has 5 heteroatoms. The Labute approximate surface area is 101 Å². The Kier molecular flexibility index (Phi) is 4.65. The average molecular weight is 297 g/mol. The van der Waals surface area contributed by atoms with Crippen LogP contribution in [0.1, 0.15) is 17.5 Å². The van der Waals surface area contributed by atoms with Gasteiger partial charge in [0.1, 0.15) is 5.75 Å². The zero-order chi connectivity index (χ0) is 12.2. The fourth-order valence-corrected chi connectivity index (χ4v) is 1.68. The lowest BCUT2D eigenvalue weighted by molar-refractivity contribution is -0.274. The van der Waals surface area contributed by atoms with E-state index in [0.717, 1.165) is 29.3 Å². The molecule has 0 saturated carbocycles. The number of alkyl halides is 4. The topological polar surface area (TPSA) is 9.23 Å². The SMILES string of the molecule is Cc1cc(OC(F)(F)F)ccc1CCCBr. The third-order valence-corrected chi connectivity index (χ3v) is 2.69. The minimum atomic E-state index is -4.62. The van der Waals surface area contributed by atoms with Gasteiger partial charge in [-0.2, -0.15) is 0 Å². The number of hydrogen-bond donors (Lipinski definition) is 0. The van der Waals surface area contributed by atoms with Crippen LogP contribution in [-0.2, 0) is 6.42 Å². The van der Waals surface area contributed by atoms with Crippen molar-refractivity contribution in [1.82, 2.24) is 0 Å². The number of ether oxygens (including phenoxy) is 1. The zero-order valence-electron chi connectivity index (χ0n) is 8.77. The van der Waals surface area contributed by atoms with Crippen molar-refractivity contribution in [2.45, 2.75) is 26.1 Å². The molecule has 1 rings (SSSR count). The van der Waals surface area contributed by atoms with Crippen LogP contribution in [0.5, 0.6) is 5.75 Å². The Morgan fingerprint density at radius 1 is 1.31 bits per heavy atom. The van der Waals surface area contributed by atoms with Crippen molar-refractivity contribution in [3.05, 3.63) is 29.3 Å². The molecule has 0 amide bonds. The Morgan fingerprint density at radius 3 is 2.50 bits per heavy atom. The van der Waals surface area contributed by atoms with Gasteiger partial charge in [0.25, 0.3) is 0 Å². The van der Waals surface area contributed by atoms with Crippen molar-refractivity contribution in [3.63, 3.8) is 0 Å². The maximum Gasteiger partial charge on any atom is 0.573 e. The molecule has 0 unspecified atom stereocenters. The molecule has 1 aromatic carbocycles. The maximum atomic E-state index is 11.9. The first-order chi connectivity index (χ1) is 7.42. The Bertz CT molecular complexity index is 350. The molecule has 0 aromatic heterocycles. The van der Waals surface area contributed by atoms with Crippen molar-refractivity contribution in [2.75, 3.05) is 5.33 Å². The number of hydrogen-bond acceptors (Lipinski definition) is 1. The van der Waals surface area contributed by atoms with Gasteiger partial charge in [-0.1, -0.05) is 22.0 Å². The second-order valence-electron chi connectivity index (χ2n) is 3.43. The standard InChI is InChI=1S/C11H12BrF3O/c1-8-7-10(16-11(13,14)15)5-4-9(8)3-2-6-12/h4-5,7H,2-3,6H2,1H3. The normalized spacial score (nSPS) is 11.6. The third-order valence-electron chi connectivity index (χ3n) is 2.13. The summed E-state index contributed by atoms with van der Waals surface area (Å²) in [5.41, 5.74) is 1.87. The Balaban J connectivity index is 2.74. The summed E-state index contributed by atoms with van der Waals surface area (Å²) in [6.07, 6.45) is -2.81. The van der Waals surface area contributed by atoms with Gasteiger partial charge in [-0.05, 0) is 43.0 Å². The summed E-state index contributed by atoms with van der Waals surface area (Å²) in [5, 5.41) is 0.882. The molecule has 0 heterocycles. The summed E-state index contributed by atoms with van der Waals surface area (Å²) < 4.78 is 39.7. The molecular formula is C11H12BrF3O. The lowest BCUT2D eigenvalue weighted by atomic mass is 10.0. The van der Waals surface area contributed by atoms with E-state index in [1.54, 1.807) is 13.0 Å². The van der Waals surface area contributed by atoms with E-state index in [0.29, 0.717) is 0 Å². The number of benzene rings is 1. The number of halogens is 4. The van der Waals surface area contributed by atoms with E-state index in [9.17, 15) is 13.2 Å². The summed E-state index contributed by atoms with van der Waals surface area (Å²) in [5.74, 6) is -0.160. The lowest BCUT2D eigenvalue weighted by Crippen LogP contribution is -2.17. The highest BCUT2D eigenvalue weighted by Gasteiger charge is 2.31. The van der Waals surface area contributed by atoms with E-state index in [1.165, 1.54) is 12.1 Å². The van der Waals surface area contributed by atoms with Crippen LogP contribution in [0.15, 0.2) is 18.2 Å². The second kappa shape index (κ2) is 5.57. The van der Waals surface area contributed by atoms with Crippen LogP contribution >= 0.6 is 15.9 Å². The molecule has 16 heavy (non-hydrogen) atoms.